The predicted molar refractivity (Wildman–Crippen MR) is 231 cm³/mol. The van der Waals surface area contributed by atoms with Crippen molar-refractivity contribution in [1.29, 1.82) is 0 Å². The zero-order valence-electron chi connectivity index (χ0n) is 36.1. The molecule has 15 N–H and O–H groups in total. The summed E-state index contributed by atoms with van der Waals surface area (Å²) in [6.07, 6.45) is 2.65. The second-order valence-corrected chi connectivity index (χ2v) is 16.5. The number of hydrogen-bond acceptors (Lipinski definition) is 13. The Bertz CT molecular complexity index is 1650. The summed E-state index contributed by atoms with van der Waals surface area (Å²) in [4.78, 5) is 116. The summed E-state index contributed by atoms with van der Waals surface area (Å²) in [5.41, 5.74) is 17.4. The van der Waals surface area contributed by atoms with Crippen molar-refractivity contribution < 1.29 is 53.4 Å². The van der Waals surface area contributed by atoms with Gasteiger partial charge in [-0.1, -0.05) is 64.4 Å². The Balaban J connectivity index is 3.16. The minimum Gasteiger partial charge on any atom is -0.481 e. The van der Waals surface area contributed by atoms with Crippen LogP contribution < -0.4 is 54.4 Å². The molecule has 1 aromatic rings. The van der Waals surface area contributed by atoms with E-state index in [0.717, 1.165) is 0 Å². The molecule has 0 heterocycles. The highest BCUT2D eigenvalue weighted by molar-refractivity contribution is 7.98. The molecule has 0 aromatic heterocycles. The molecule has 22 heteroatoms. The van der Waals surface area contributed by atoms with Gasteiger partial charge in [-0.15, -0.1) is 0 Å². The SMILES string of the molecule is CSCC[C@H](NC(=O)[C@H](CC(C)C)NC(=O)CNC(=O)[C@@H](NC(=O)[C@H](Cc1ccccc1)NC(=O)[C@H](CO)NC(=O)[C@H](CC(=O)O)NC(=O)[C@@H](N)CCCCN)C(C)C)C(N)=O. The molecule has 0 bridgehead atoms. The molecule has 0 fully saturated rings. The fraction of sp³-hybridized carbons (Fsp3) is 0.625. The number of rotatable bonds is 30. The summed E-state index contributed by atoms with van der Waals surface area (Å²) in [5.74, 6) is -8.16. The number of aliphatic hydroxyl groups excluding tert-OH is 1. The van der Waals surface area contributed by atoms with Crippen LogP contribution in [-0.2, 0) is 49.6 Å². The van der Waals surface area contributed by atoms with Crippen LogP contribution in [0.5, 0.6) is 0 Å². The molecule has 8 amide bonds. The first kappa shape index (κ1) is 54.7. The van der Waals surface area contributed by atoms with Gasteiger partial charge in [0.1, 0.15) is 36.3 Å². The van der Waals surface area contributed by atoms with E-state index < -0.39 is 121 Å². The van der Waals surface area contributed by atoms with Gasteiger partial charge < -0.3 is 64.6 Å². The molecule has 0 saturated heterocycles. The Morgan fingerprint density at radius 3 is 1.81 bits per heavy atom. The smallest absolute Gasteiger partial charge is 0.305 e. The summed E-state index contributed by atoms with van der Waals surface area (Å²) in [6.45, 7) is 5.71. The van der Waals surface area contributed by atoms with Gasteiger partial charge in [-0.25, -0.2) is 0 Å². The molecule has 1 aromatic carbocycles. The van der Waals surface area contributed by atoms with Gasteiger partial charge in [0.15, 0.2) is 0 Å². The number of carbonyl (C=O) groups is 9. The summed E-state index contributed by atoms with van der Waals surface area (Å²) in [7, 11) is 0. The van der Waals surface area contributed by atoms with Crippen molar-refractivity contribution in [3.8, 4) is 0 Å². The number of carboxylic acids is 1. The third-order valence-electron chi connectivity index (χ3n) is 9.35. The van der Waals surface area contributed by atoms with Gasteiger partial charge in [-0.2, -0.15) is 11.8 Å². The van der Waals surface area contributed by atoms with E-state index in [2.05, 4.69) is 37.2 Å². The van der Waals surface area contributed by atoms with Crippen molar-refractivity contribution in [3.63, 3.8) is 0 Å². The van der Waals surface area contributed by atoms with E-state index in [-0.39, 0.29) is 25.2 Å². The van der Waals surface area contributed by atoms with Crippen LogP contribution >= 0.6 is 11.8 Å². The minimum absolute atomic E-state index is 0.0460. The number of amides is 8. The van der Waals surface area contributed by atoms with E-state index in [4.69, 9.17) is 17.2 Å². The van der Waals surface area contributed by atoms with E-state index in [1.165, 1.54) is 11.8 Å². The highest BCUT2D eigenvalue weighted by atomic mass is 32.2. The maximum Gasteiger partial charge on any atom is 0.305 e. The molecule has 7 atom stereocenters. The third-order valence-corrected chi connectivity index (χ3v) is 9.99. The fourth-order valence-electron chi connectivity index (χ4n) is 5.91. The molecule has 0 aliphatic rings. The van der Waals surface area contributed by atoms with Crippen LogP contribution in [0.1, 0.15) is 71.8 Å². The lowest BCUT2D eigenvalue weighted by Gasteiger charge is -2.27. The highest BCUT2D eigenvalue weighted by Crippen LogP contribution is 2.10. The number of carbonyl (C=O) groups excluding carboxylic acids is 8. The van der Waals surface area contributed by atoms with Crippen LogP contribution in [0.2, 0.25) is 0 Å². The number of unbranched alkanes of at least 4 members (excludes halogenated alkanes) is 1. The lowest BCUT2D eigenvalue weighted by Crippen LogP contribution is -2.61. The number of benzene rings is 1. The number of aliphatic carboxylic acids is 1. The molecule has 0 aliphatic heterocycles. The van der Waals surface area contributed by atoms with Crippen molar-refractivity contribution in [3.05, 3.63) is 35.9 Å². The van der Waals surface area contributed by atoms with Crippen molar-refractivity contribution in [2.75, 3.05) is 31.7 Å². The van der Waals surface area contributed by atoms with Crippen molar-refractivity contribution in [2.45, 2.75) is 115 Å². The third kappa shape index (κ3) is 21.0. The largest absolute Gasteiger partial charge is 0.481 e. The van der Waals surface area contributed by atoms with Gasteiger partial charge in [0.05, 0.1) is 25.6 Å². The Hall–Kier alpha value is -5.32. The van der Waals surface area contributed by atoms with Crippen LogP contribution in [0.25, 0.3) is 0 Å². The Morgan fingerprint density at radius 1 is 0.694 bits per heavy atom. The normalized spacial score (nSPS) is 14.5. The first-order valence-electron chi connectivity index (χ1n) is 20.4. The standard InChI is InChI=1S/C40H66N10O11S/c1-22(2)17-27(36(57)46-26(34(43)55)14-16-62-5)45-31(52)20-44-40(61)33(23(3)4)50-38(59)28(18-24-11-7-6-8-12-24)48-39(60)30(21-51)49-37(58)29(19-32(53)54)47-35(56)25(42)13-9-10-15-41/h6-8,11-12,22-23,25-30,33,51H,9-10,13-21,41-42H2,1-5H3,(H2,43,55)(H,44,61)(H,45,52)(H,46,57)(H,47,56)(H,48,60)(H,49,58)(H,50,59)(H,53,54)/t25-,26-,27-,28-,29-,30-,33-/m0/s1. The van der Waals surface area contributed by atoms with Crippen molar-refractivity contribution in [2.24, 2.45) is 29.0 Å². The van der Waals surface area contributed by atoms with Gasteiger partial charge in [0.25, 0.3) is 0 Å². The topological polar surface area (TPSA) is 356 Å². The van der Waals surface area contributed by atoms with Crippen LogP contribution in [0.4, 0.5) is 0 Å². The maximum absolute atomic E-state index is 13.9. The molecule has 348 valence electrons. The first-order chi connectivity index (χ1) is 29.2. The molecular weight excluding hydrogens is 829 g/mol. The first-order valence-corrected chi connectivity index (χ1v) is 21.8. The van der Waals surface area contributed by atoms with Gasteiger partial charge in [0, 0.05) is 6.42 Å². The van der Waals surface area contributed by atoms with Gasteiger partial charge in [0.2, 0.25) is 47.3 Å². The Morgan fingerprint density at radius 2 is 1.26 bits per heavy atom. The number of primary amides is 1. The second-order valence-electron chi connectivity index (χ2n) is 15.5. The molecule has 0 saturated carbocycles. The van der Waals surface area contributed by atoms with Gasteiger partial charge >= 0.3 is 5.97 Å². The maximum atomic E-state index is 13.9. The molecule has 0 unspecified atom stereocenters. The summed E-state index contributed by atoms with van der Waals surface area (Å²) in [5, 5.41) is 36.7. The molecule has 0 spiro atoms. The molecule has 0 aliphatic carbocycles. The zero-order chi connectivity index (χ0) is 46.9. The Labute approximate surface area is 366 Å². The van der Waals surface area contributed by atoms with Crippen LogP contribution in [-0.4, -0.2) is 137 Å². The summed E-state index contributed by atoms with van der Waals surface area (Å²) < 4.78 is 0. The second kappa shape index (κ2) is 29.1. The zero-order valence-corrected chi connectivity index (χ0v) is 36.9. The highest BCUT2D eigenvalue weighted by Gasteiger charge is 2.34. The predicted octanol–water partition coefficient (Wildman–Crippen LogP) is -2.88. The number of nitrogens with two attached hydrogens (primary N) is 3. The van der Waals surface area contributed by atoms with Crippen LogP contribution in [0, 0.1) is 11.8 Å². The van der Waals surface area contributed by atoms with Crippen LogP contribution in [0.15, 0.2) is 30.3 Å². The molecule has 1 rings (SSSR count). The van der Waals surface area contributed by atoms with Gasteiger partial charge in [-0.3, -0.25) is 43.2 Å². The average molecular weight is 895 g/mol. The van der Waals surface area contributed by atoms with E-state index in [9.17, 15) is 53.4 Å². The van der Waals surface area contributed by atoms with E-state index >= 15 is 0 Å². The fourth-order valence-corrected chi connectivity index (χ4v) is 6.38. The van der Waals surface area contributed by atoms with Crippen molar-refractivity contribution >= 4 is 65.0 Å². The van der Waals surface area contributed by atoms with E-state index in [1.54, 1.807) is 44.2 Å². The quantitative estimate of drug-likeness (QED) is 0.0346. The molecule has 62 heavy (non-hydrogen) atoms. The monoisotopic (exact) mass is 894 g/mol. The average Bonchev–Trinajstić information content (AvgIpc) is 3.21. The summed E-state index contributed by atoms with van der Waals surface area (Å²) in [6, 6.07) is -0.664. The number of hydrogen-bond donors (Lipinski definition) is 12. The van der Waals surface area contributed by atoms with Gasteiger partial charge in [-0.05, 0) is 61.6 Å². The summed E-state index contributed by atoms with van der Waals surface area (Å²) >= 11 is 1.47. The minimum atomic E-state index is -1.72. The number of nitrogens with one attached hydrogen (secondary N) is 7. The van der Waals surface area contributed by atoms with E-state index in [1.807, 2.05) is 20.1 Å². The number of aliphatic hydroxyl groups is 1. The molecular formula is C40H66N10O11S. The molecule has 21 nitrogen and oxygen atoms in total. The number of carboxylic acid groups (broad SMARTS) is 1. The van der Waals surface area contributed by atoms with E-state index in [0.29, 0.717) is 37.1 Å². The number of thioether (sulfide) groups is 1. The Kier molecular flexibility index (Phi) is 25.6. The van der Waals surface area contributed by atoms with Crippen molar-refractivity contribution in [1.82, 2.24) is 37.2 Å². The lowest BCUT2D eigenvalue weighted by atomic mass is 10.0. The van der Waals surface area contributed by atoms with Crippen LogP contribution in [0.3, 0.4) is 0 Å². The lowest BCUT2D eigenvalue weighted by molar-refractivity contribution is -0.141. The molecule has 0 radical (unpaired) electrons.